The average Bonchev–Trinajstić information content (AvgIpc) is 3.22. The van der Waals surface area contributed by atoms with Crippen LogP contribution in [-0.4, -0.2) is 47.0 Å². The fraction of sp³-hybridized carbons (Fsp3) is 0.391. The lowest BCUT2D eigenvalue weighted by Crippen LogP contribution is -2.44. The van der Waals surface area contributed by atoms with Gasteiger partial charge >= 0.3 is 0 Å². The molecule has 3 aromatic rings. The first kappa shape index (κ1) is 22.4. The van der Waals surface area contributed by atoms with Crippen molar-refractivity contribution in [2.75, 3.05) is 18.8 Å². The van der Waals surface area contributed by atoms with Crippen LogP contribution >= 0.6 is 0 Å². The van der Waals surface area contributed by atoms with Crippen molar-refractivity contribution < 1.29 is 17.6 Å². The SMILES string of the molecule is CCS(=O)(=O)N1CCC(C(=O)N[C@@H](Cn2cnc3ccccc32)c2ccc(F)cc2)CC1. The van der Waals surface area contributed by atoms with Gasteiger partial charge in [-0.05, 0) is 49.6 Å². The molecule has 4 rings (SSSR count). The molecule has 9 heteroatoms. The molecule has 1 fully saturated rings. The molecule has 1 atom stereocenters. The van der Waals surface area contributed by atoms with Crippen molar-refractivity contribution >= 4 is 27.0 Å². The average molecular weight is 459 g/mol. The van der Waals surface area contributed by atoms with E-state index < -0.39 is 10.0 Å². The van der Waals surface area contributed by atoms with Crippen LogP contribution in [0.1, 0.15) is 31.4 Å². The molecule has 0 unspecified atom stereocenters. The number of piperidine rings is 1. The summed E-state index contributed by atoms with van der Waals surface area (Å²) in [7, 11) is -3.24. The number of nitrogens with one attached hydrogen (secondary N) is 1. The van der Waals surface area contributed by atoms with E-state index in [0.717, 1.165) is 16.6 Å². The van der Waals surface area contributed by atoms with E-state index in [1.165, 1.54) is 16.4 Å². The van der Waals surface area contributed by atoms with E-state index in [1.54, 1.807) is 25.4 Å². The summed E-state index contributed by atoms with van der Waals surface area (Å²) >= 11 is 0. The molecule has 0 bridgehead atoms. The Kier molecular flexibility index (Phi) is 6.57. The van der Waals surface area contributed by atoms with Crippen molar-refractivity contribution in [2.24, 2.45) is 5.92 Å². The zero-order valence-corrected chi connectivity index (χ0v) is 18.8. The monoisotopic (exact) mass is 458 g/mol. The topological polar surface area (TPSA) is 84.3 Å². The Morgan fingerprint density at radius 1 is 1.16 bits per heavy atom. The fourth-order valence-corrected chi connectivity index (χ4v) is 5.28. The first-order chi connectivity index (χ1) is 15.4. The Morgan fingerprint density at radius 2 is 1.84 bits per heavy atom. The van der Waals surface area contributed by atoms with Gasteiger partial charge in [-0.2, -0.15) is 0 Å². The van der Waals surface area contributed by atoms with Crippen molar-refractivity contribution in [3.8, 4) is 0 Å². The molecule has 32 heavy (non-hydrogen) atoms. The van der Waals surface area contributed by atoms with E-state index in [0.29, 0.717) is 32.5 Å². The molecule has 0 aliphatic carbocycles. The van der Waals surface area contributed by atoms with Crippen LogP contribution in [-0.2, 0) is 21.4 Å². The highest BCUT2D eigenvalue weighted by atomic mass is 32.2. The van der Waals surface area contributed by atoms with Gasteiger partial charge in [0.25, 0.3) is 0 Å². The second-order valence-corrected chi connectivity index (χ2v) is 10.3. The highest BCUT2D eigenvalue weighted by molar-refractivity contribution is 7.89. The minimum absolute atomic E-state index is 0.0648. The first-order valence-electron chi connectivity index (χ1n) is 10.8. The number of carbonyl (C=O) groups is 1. The molecule has 170 valence electrons. The van der Waals surface area contributed by atoms with Gasteiger partial charge < -0.3 is 9.88 Å². The largest absolute Gasteiger partial charge is 0.347 e. The number of amides is 1. The summed E-state index contributed by atoms with van der Waals surface area (Å²) in [6, 6.07) is 13.5. The molecule has 1 amide bonds. The number of sulfonamides is 1. The number of fused-ring (bicyclic) bond motifs is 1. The third-order valence-corrected chi connectivity index (χ3v) is 7.96. The Labute approximate surface area is 187 Å². The highest BCUT2D eigenvalue weighted by Crippen LogP contribution is 2.24. The zero-order chi connectivity index (χ0) is 22.7. The maximum atomic E-state index is 13.5. The Balaban J connectivity index is 1.51. The maximum Gasteiger partial charge on any atom is 0.223 e. The molecule has 1 aliphatic heterocycles. The smallest absolute Gasteiger partial charge is 0.223 e. The third-order valence-electron chi connectivity index (χ3n) is 6.08. The number of aromatic nitrogens is 2. The lowest BCUT2D eigenvalue weighted by Gasteiger charge is -2.31. The van der Waals surface area contributed by atoms with Crippen LogP contribution in [0.2, 0.25) is 0 Å². The number of para-hydroxylation sites is 2. The molecule has 1 aliphatic rings. The molecule has 0 radical (unpaired) electrons. The molecule has 0 saturated carbocycles. The van der Waals surface area contributed by atoms with Crippen LogP contribution in [0, 0.1) is 11.7 Å². The maximum absolute atomic E-state index is 13.5. The summed E-state index contributed by atoms with van der Waals surface area (Å²) in [6.07, 6.45) is 2.70. The zero-order valence-electron chi connectivity index (χ0n) is 17.9. The molecular formula is C23H27FN4O3S. The fourth-order valence-electron chi connectivity index (χ4n) is 4.15. The molecule has 7 nitrogen and oxygen atoms in total. The van der Waals surface area contributed by atoms with Gasteiger partial charge in [0.1, 0.15) is 5.82 Å². The van der Waals surface area contributed by atoms with Crippen LogP contribution in [0.25, 0.3) is 11.0 Å². The van der Waals surface area contributed by atoms with Crippen LogP contribution in [0.15, 0.2) is 54.9 Å². The molecule has 1 aromatic heterocycles. The molecule has 0 spiro atoms. The van der Waals surface area contributed by atoms with Crippen LogP contribution in [0.4, 0.5) is 4.39 Å². The van der Waals surface area contributed by atoms with Crippen LogP contribution < -0.4 is 5.32 Å². The number of hydrogen-bond acceptors (Lipinski definition) is 4. The minimum atomic E-state index is -3.24. The summed E-state index contributed by atoms with van der Waals surface area (Å²) < 4.78 is 41.1. The summed E-state index contributed by atoms with van der Waals surface area (Å²) in [5.41, 5.74) is 2.61. The number of benzene rings is 2. The standard InChI is InChI=1S/C23H27FN4O3S/c1-2-32(30,31)28-13-11-18(12-14-28)23(29)26-21(17-7-9-19(24)10-8-17)15-27-16-25-20-5-3-4-6-22(20)27/h3-10,16,18,21H,2,11-15H2,1H3,(H,26,29)/t21-/m0/s1. The number of rotatable bonds is 7. The number of nitrogens with zero attached hydrogens (tertiary/aromatic N) is 3. The summed E-state index contributed by atoms with van der Waals surface area (Å²) in [6.45, 7) is 2.77. The van der Waals surface area contributed by atoms with Gasteiger partial charge in [-0.15, -0.1) is 0 Å². The Bertz CT molecular complexity index is 1190. The van der Waals surface area contributed by atoms with Gasteiger partial charge in [0.05, 0.1) is 29.2 Å². The lowest BCUT2D eigenvalue weighted by molar-refractivity contribution is -0.127. The van der Waals surface area contributed by atoms with Crippen LogP contribution in [0.5, 0.6) is 0 Å². The first-order valence-corrected chi connectivity index (χ1v) is 12.4. The van der Waals surface area contributed by atoms with Gasteiger partial charge in [0, 0.05) is 25.6 Å². The minimum Gasteiger partial charge on any atom is -0.347 e. The number of halogens is 1. The van der Waals surface area contributed by atoms with Crippen LogP contribution in [0.3, 0.4) is 0 Å². The third kappa shape index (κ3) is 4.83. The van der Waals surface area contributed by atoms with Gasteiger partial charge in [-0.25, -0.2) is 22.1 Å². The van der Waals surface area contributed by atoms with Crippen molar-refractivity contribution in [2.45, 2.75) is 32.4 Å². The predicted octanol–water partition coefficient (Wildman–Crippen LogP) is 3.09. The van der Waals surface area contributed by atoms with Crippen molar-refractivity contribution in [3.05, 3.63) is 66.2 Å². The number of carbonyl (C=O) groups excluding carboxylic acids is 1. The molecule has 2 aromatic carbocycles. The van der Waals surface area contributed by atoms with E-state index in [-0.39, 0.29) is 29.4 Å². The number of imidazole rings is 1. The van der Waals surface area contributed by atoms with Gasteiger partial charge in [0.15, 0.2) is 0 Å². The van der Waals surface area contributed by atoms with Gasteiger partial charge in [-0.3, -0.25) is 4.79 Å². The van der Waals surface area contributed by atoms with Crippen molar-refractivity contribution in [3.63, 3.8) is 0 Å². The number of hydrogen-bond donors (Lipinski definition) is 1. The predicted molar refractivity (Wildman–Crippen MR) is 121 cm³/mol. The van der Waals surface area contributed by atoms with E-state index in [9.17, 15) is 17.6 Å². The summed E-state index contributed by atoms with van der Waals surface area (Å²) in [4.78, 5) is 17.5. The van der Waals surface area contributed by atoms with E-state index in [1.807, 2.05) is 28.8 Å². The van der Waals surface area contributed by atoms with E-state index in [4.69, 9.17) is 0 Å². The second kappa shape index (κ2) is 9.38. The normalized spacial score (nSPS) is 16.8. The van der Waals surface area contributed by atoms with E-state index in [2.05, 4.69) is 10.3 Å². The molecule has 2 heterocycles. The highest BCUT2D eigenvalue weighted by Gasteiger charge is 2.31. The van der Waals surface area contributed by atoms with E-state index >= 15 is 0 Å². The Morgan fingerprint density at radius 3 is 2.53 bits per heavy atom. The van der Waals surface area contributed by atoms with Gasteiger partial charge in [0.2, 0.25) is 15.9 Å². The second-order valence-electron chi connectivity index (χ2n) is 8.07. The molecule has 1 N–H and O–H groups in total. The molecule has 1 saturated heterocycles. The van der Waals surface area contributed by atoms with Crippen molar-refractivity contribution in [1.82, 2.24) is 19.2 Å². The lowest BCUT2D eigenvalue weighted by atomic mass is 9.96. The van der Waals surface area contributed by atoms with Crippen molar-refractivity contribution in [1.29, 1.82) is 0 Å². The Hall–Kier alpha value is -2.78. The summed E-state index contributed by atoms with van der Waals surface area (Å²) in [5.74, 6) is -0.649. The quantitative estimate of drug-likeness (QED) is 0.590. The summed E-state index contributed by atoms with van der Waals surface area (Å²) in [5, 5.41) is 3.12. The van der Waals surface area contributed by atoms with Gasteiger partial charge in [-0.1, -0.05) is 24.3 Å². The molecular weight excluding hydrogens is 431 g/mol.